The Morgan fingerprint density at radius 3 is 2.91 bits per heavy atom. The number of nitriles is 1. The molecule has 0 unspecified atom stereocenters. The average molecular weight is 309 g/mol. The predicted molar refractivity (Wildman–Crippen MR) is 87.4 cm³/mol. The number of aliphatic hydroxyl groups is 1. The molecule has 1 fully saturated rings. The van der Waals surface area contributed by atoms with Crippen molar-refractivity contribution in [3.8, 4) is 11.8 Å². The summed E-state index contributed by atoms with van der Waals surface area (Å²) in [6.45, 7) is 2.37. The summed E-state index contributed by atoms with van der Waals surface area (Å²) in [5, 5.41) is 19.3. The molecular weight excluding hydrogens is 290 g/mol. The monoisotopic (exact) mass is 309 g/mol. The quantitative estimate of drug-likeness (QED) is 0.943. The van der Waals surface area contributed by atoms with Crippen LogP contribution in [0.2, 0.25) is 0 Å². The third kappa shape index (κ3) is 2.99. The Morgan fingerprint density at radius 1 is 1.35 bits per heavy atom. The molecule has 0 amide bonds. The summed E-state index contributed by atoms with van der Waals surface area (Å²) in [7, 11) is 1.64. The van der Waals surface area contributed by atoms with Gasteiger partial charge in [0.25, 0.3) is 0 Å². The summed E-state index contributed by atoms with van der Waals surface area (Å²) in [4.78, 5) is 6.50. The molecule has 3 rings (SSSR count). The van der Waals surface area contributed by atoms with E-state index >= 15 is 0 Å². The van der Waals surface area contributed by atoms with E-state index in [0.29, 0.717) is 18.7 Å². The van der Waals surface area contributed by atoms with Gasteiger partial charge in [-0.15, -0.1) is 0 Å². The highest BCUT2D eigenvalue weighted by Gasteiger charge is 2.33. The molecular formula is C18H19N3O2. The van der Waals surface area contributed by atoms with Crippen LogP contribution in [0.1, 0.15) is 29.3 Å². The Morgan fingerprint density at radius 2 is 2.17 bits per heavy atom. The maximum Gasteiger partial charge on any atom is 0.145 e. The van der Waals surface area contributed by atoms with Gasteiger partial charge >= 0.3 is 0 Å². The molecule has 0 bridgehead atoms. The van der Waals surface area contributed by atoms with Crippen LogP contribution in [0.4, 0.5) is 5.82 Å². The maximum absolute atomic E-state index is 10.1. The summed E-state index contributed by atoms with van der Waals surface area (Å²) in [6.07, 6.45) is 0.213. The Labute approximate surface area is 135 Å². The third-order valence-electron chi connectivity index (χ3n) is 4.24. The Kier molecular flexibility index (Phi) is 4.18. The molecule has 1 N–H and O–H groups in total. The Bertz CT molecular complexity index is 754. The van der Waals surface area contributed by atoms with Gasteiger partial charge in [-0.05, 0) is 42.7 Å². The lowest BCUT2D eigenvalue weighted by atomic mass is 10.0. The van der Waals surface area contributed by atoms with Crippen molar-refractivity contribution in [1.29, 1.82) is 5.26 Å². The first-order valence-corrected chi connectivity index (χ1v) is 7.58. The second kappa shape index (κ2) is 6.27. The van der Waals surface area contributed by atoms with Crippen LogP contribution in [0, 0.1) is 18.3 Å². The van der Waals surface area contributed by atoms with Crippen LogP contribution < -0.4 is 9.64 Å². The zero-order valence-electron chi connectivity index (χ0n) is 13.2. The van der Waals surface area contributed by atoms with Crippen molar-refractivity contribution in [3.05, 3.63) is 53.2 Å². The highest BCUT2D eigenvalue weighted by Crippen LogP contribution is 2.36. The number of aryl methyl sites for hydroxylation is 1. The van der Waals surface area contributed by atoms with Gasteiger partial charge in [-0.25, -0.2) is 4.98 Å². The molecule has 1 aromatic heterocycles. The van der Waals surface area contributed by atoms with E-state index in [1.807, 2.05) is 43.3 Å². The van der Waals surface area contributed by atoms with E-state index in [9.17, 15) is 10.4 Å². The number of aliphatic hydroxyl groups excluding tert-OH is 1. The van der Waals surface area contributed by atoms with E-state index in [-0.39, 0.29) is 6.04 Å². The second-order valence-corrected chi connectivity index (χ2v) is 5.78. The topological polar surface area (TPSA) is 69.4 Å². The molecule has 5 nitrogen and oxygen atoms in total. The molecule has 5 heteroatoms. The minimum absolute atomic E-state index is 0.0156. The van der Waals surface area contributed by atoms with Gasteiger partial charge in [-0.2, -0.15) is 5.26 Å². The summed E-state index contributed by atoms with van der Waals surface area (Å²) in [5.41, 5.74) is 2.35. The fourth-order valence-electron chi connectivity index (χ4n) is 3.02. The number of β-amino-alcohol motifs (C(OH)–C–C–N with tert-alkyl or cyclic N) is 1. The molecule has 0 radical (unpaired) electrons. The van der Waals surface area contributed by atoms with E-state index < -0.39 is 6.10 Å². The molecule has 2 atom stereocenters. The standard InChI is InChI=1S/C18H19N3O2/c1-12-6-7-18(20-16(12)10-19)21-11-14(22)9-17(21)13-4-3-5-15(8-13)23-2/h3-8,14,17,22H,9,11H2,1-2H3/t14-,17-/m0/s1. The number of nitrogens with zero attached hydrogens (tertiary/aromatic N) is 3. The van der Waals surface area contributed by atoms with Gasteiger partial charge in [0.15, 0.2) is 0 Å². The van der Waals surface area contributed by atoms with E-state index in [0.717, 1.165) is 22.7 Å². The number of pyridine rings is 1. The van der Waals surface area contributed by atoms with Gasteiger partial charge in [-0.1, -0.05) is 18.2 Å². The van der Waals surface area contributed by atoms with Crippen LogP contribution in [0.25, 0.3) is 0 Å². The predicted octanol–water partition coefficient (Wildman–Crippen LogP) is 2.58. The first-order chi connectivity index (χ1) is 11.1. The van der Waals surface area contributed by atoms with Crippen LogP contribution in [0.15, 0.2) is 36.4 Å². The average Bonchev–Trinajstić information content (AvgIpc) is 2.97. The molecule has 2 aromatic rings. The number of aromatic nitrogens is 1. The molecule has 1 aliphatic rings. The van der Waals surface area contributed by atoms with Crippen molar-refractivity contribution in [2.45, 2.75) is 25.5 Å². The van der Waals surface area contributed by atoms with E-state index in [4.69, 9.17) is 4.74 Å². The van der Waals surface area contributed by atoms with Crippen molar-refractivity contribution in [3.63, 3.8) is 0 Å². The van der Waals surface area contributed by atoms with E-state index in [1.54, 1.807) is 7.11 Å². The zero-order chi connectivity index (χ0) is 16.4. The second-order valence-electron chi connectivity index (χ2n) is 5.78. The van der Waals surface area contributed by atoms with Crippen molar-refractivity contribution < 1.29 is 9.84 Å². The fourth-order valence-corrected chi connectivity index (χ4v) is 3.02. The highest BCUT2D eigenvalue weighted by atomic mass is 16.5. The van der Waals surface area contributed by atoms with E-state index in [2.05, 4.69) is 16.0 Å². The van der Waals surface area contributed by atoms with E-state index in [1.165, 1.54) is 0 Å². The molecule has 1 aromatic carbocycles. The molecule has 0 saturated carbocycles. The first kappa shape index (κ1) is 15.3. The van der Waals surface area contributed by atoms with Crippen LogP contribution in [0.3, 0.4) is 0 Å². The number of rotatable bonds is 3. The summed E-state index contributed by atoms with van der Waals surface area (Å²) in [5.74, 6) is 1.51. The number of hydrogen-bond acceptors (Lipinski definition) is 5. The normalized spacial score (nSPS) is 20.3. The molecule has 0 aliphatic carbocycles. The van der Waals surface area contributed by atoms with Gasteiger partial charge in [0, 0.05) is 6.54 Å². The molecule has 118 valence electrons. The lowest BCUT2D eigenvalue weighted by molar-refractivity contribution is 0.194. The fraction of sp³-hybridized carbons (Fsp3) is 0.333. The molecule has 1 saturated heterocycles. The lowest BCUT2D eigenvalue weighted by Gasteiger charge is -2.26. The molecule has 1 aliphatic heterocycles. The molecule has 23 heavy (non-hydrogen) atoms. The molecule has 0 spiro atoms. The van der Waals surface area contributed by atoms with Crippen molar-refractivity contribution >= 4 is 5.82 Å². The van der Waals surface area contributed by atoms with Crippen LogP contribution in [-0.4, -0.2) is 29.8 Å². The van der Waals surface area contributed by atoms with Gasteiger partial charge in [0.1, 0.15) is 23.3 Å². The van der Waals surface area contributed by atoms with Gasteiger partial charge in [0.2, 0.25) is 0 Å². The van der Waals surface area contributed by atoms with Crippen molar-refractivity contribution in [2.75, 3.05) is 18.6 Å². The van der Waals surface area contributed by atoms with Crippen LogP contribution in [-0.2, 0) is 0 Å². The van der Waals surface area contributed by atoms with Crippen LogP contribution in [0.5, 0.6) is 5.75 Å². The summed E-state index contributed by atoms with van der Waals surface area (Å²) in [6, 6.07) is 13.8. The number of methoxy groups -OCH3 is 1. The van der Waals surface area contributed by atoms with Gasteiger partial charge < -0.3 is 14.7 Å². The number of anilines is 1. The lowest BCUT2D eigenvalue weighted by Crippen LogP contribution is -2.25. The van der Waals surface area contributed by atoms with Crippen molar-refractivity contribution in [2.24, 2.45) is 0 Å². The smallest absolute Gasteiger partial charge is 0.145 e. The Balaban J connectivity index is 1.98. The Hall–Kier alpha value is -2.58. The highest BCUT2D eigenvalue weighted by molar-refractivity contribution is 5.49. The number of benzene rings is 1. The SMILES string of the molecule is COc1cccc([C@@H]2C[C@H](O)CN2c2ccc(C)c(C#N)n2)c1. The summed E-state index contributed by atoms with van der Waals surface area (Å²) >= 11 is 0. The molecule has 2 heterocycles. The zero-order valence-corrected chi connectivity index (χ0v) is 13.2. The van der Waals surface area contributed by atoms with Crippen molar-refractivity contribution in [1.82, 2.24) is 4.98 Å². The number of hydrogen-bond donors (Lipinski definition) is 1. The number of ether oxygens (including phenoxy) is 1. The van der Waals surface area contributed by atoms with Gasteiger partial charge in [-0.3, -0.25) is 0 Å². The van der Waals surface area contributed by atoms with Crippen LogP contribution >= 0.6 is 0 Å². The summed E-state index contributed by atoms with van der Waals surface area (Å²) < 4.78 is 5.29. The first-order valence-electron chi connectivity index (χ1n) is 7.58. The largest absolute Gasteiger partial charge is 0.497 e. The van der Waals surface area contributed by atoms with Gasteiger partial charge in [0.05, 0.1) is 19.3 Å². The maximum atomic E-state index is 10.1. The third-order valence-corrected chi connectivity index (χ3v) is 4.24. The minimum Gasteiger partial charge on any atom is -0.497 e. The minimum atomic E-state index is -0.417.